The highest BCUT2D eigenvalue weighted by atomic mass is 19.2. The van der Waals surface area contributed by atoms with E-state index in [1.807, 2.05) is 0 Å². The van der Waals surface area contributed by atoms with Crippen LogP contribution >= 0.6 is 0 Å². The average molecular weight is 284 g/mol. The Hall–Kier alpha value is -1.96. The molecular weight excluding hydrogens is 273 g/mol. The van der Waals surface area contributed by atoms with Gasteiger partial charge in [0.05, 0.1) is 0 Å². The van der Waals surface area contributed by atoms with E-state index in [4.69, 9.17) is 9.76 Å². The summed E-state index contributed by atoms with van der Waals surface area (Å²) in [7, 11) is -1.44. The average Bonchev–Trinajstić information content (AvgIpc) is 2.34. The lowest BCUT2D eigenvalue weighted by Crippen LogP contribution is -2.36. The first-order chi connectivity index (χ1) is 9.31. The summed E-state index contributed by atoms with van der Waals surface area (Å²) in [5.74, 6) is -5.37. The van der Waals surface area contributed by atoms with Gasteiger partial charge in [-0.25, -0.2) is 13.6 Å². The molecule has 8 heteroatoms. The summed E-state index contributed by atoms with van der Waals surface area (Å²) in [4.78, 5) is 22.1. The number of ketones is 1. The monoisotopic (exact) mass is 284 g/mol. The van der Waals surface area contributed by atoms with E-state index in [9.17, 15) is 23.4 Å². The van der Waals surface area contributed by atoms with Gasteiger partial charge in [0.1, 0.15) is 17.1 Å². The van der Waals surface area contributed by atoms with Crippen LogP contribution < -0.4 is 4.65 Å². The molecule has 5 nitrogen and oxygen atoms in total. The number of fused-ring (bicyclic) bond motifs is 1. The van der Waals surface area contributed by atoms with Crippen LogP contribution in [-0.2, 0) is 11.2 Å². The first kappa shape index (κ1) is 14.5. The Morgan fingerprint density at radius 1 is 1.50 bits per heavy atom. The van der Waals surface area contributed by atoms with Crippen molar-refractivity contribution in [3.8, 4) is 5.75 Å². The zero-order chi connectivity index (χ0) is 15.0. The first-order valence-electron chi connectivity index (χ1n) is 5.89. The number of rotatable bonds is 3. The van der Waals surface area contributed by atoms with E-state index in [2.05, 4.69) is 0 Å². The first-order valence-corrected chi connectivity index (χ1v) is 5.89. The minimum absolute atomic E-state index is 0.0705. The molecule has 1 atom stereocenters. The van der Waals surface area contributed by atoms with Gasteiger partial charge in [0.15, 0.2) is 11.6 Å². The largest absolute Gasteiger partial charge is 0.535 e. The Bertz CT molecular complexity index is 590. The second-order valence-corrected chi connectivity index (χ2v) is 4.71. The molecule has 2 N–H and O–H groups in total. The van der Waals surface area contributed by atoms with Gasteiger partial charge in [-0.3, -0.25) is 0 Å². The number of halogens is 2. The molecule has 0 saturated carbocycles. The SMILES string of the molecule is CC(=O)C[C@H]1Cc2c(F)c(F)cc(C(=O)O)c2OB1O. The molecule has 0 spiro atoms. The van der Waals surface area contributed by atoms with Gasteiger partial charge in [-0.15, -0.1) is 0 Å². The van der Waals surface area contributed by atoms with Crippen molar-refractivity contribution in [2.75, 3.05) is 0 Å². The van der Waals surface area contributed by atoms with E-state index < -0.39 is 36.1 Å². The second kappa shape index (κ2) is 5.20. The standard InChI is InChI=1S/C12H11BF2O5/c1-5(16)2-6-3-7-10(15)9(14)4-8(12(17)18)11(7)20-13(6)19/h4,6,19H,2-3H2,1H3,(H,17,18)/t6-/m0/s1. The summed E-state index contributed by atoms with van der Waals surface area (Å²) in [6.45, 7) is 1.30. The van der Waals surface area contributed by atoms with Crippen molar-refractivity contribution in [1.29, 1.82) is 0 Å². The molecule has 0 unspecified atom stereocenters. The molecule has 1 heterocycles. The Kier molecular flexibility index (Phi) is 3.76. The highest BCUT2D eigenvalue weighted by Gasteiger charge is 2.39. The molecule has 106 valence electrons. The maximum Gasteiger partial charge on any atom is 0.526 e. The fourth-order valence-corrected chi connectivity index (χ4v) is 2.26. The summed E-state index contributed by atoms with van der Waals surface area (Å²) >= 11 is 0. The van der Waals surface area contributed by atoms with Crippen LogP contribution in [0.1, 0.15) is 29.3 Å². The molecule has 0 bridgehead atoms. The van der Waals surface area contributed by atoms with E-state index in [-0.39, 0.29) is 29.9 Å². The van der Waals surface area contributed by atoms with Crippen molar-refractivity contribution in [2.24, 2.45) is 0 Å². The molecule has 0 radical (unpaired) electrons. The highest BCUT2D eigenvalue weighted by Crippen LogP contribution is 2.38. The molecule has 0 aliphatic carbocycles. The number of carbonyl (C=O) groups is 2. The summed E-state index contributed by atoms with van der Waals surface area (Å²) in [5, 5.41) is 18.7. The molecule has 0 saturated heterocycles. The number of carboxylic acid groups (broad SMARTS) is 1. The second-order valence-electron chi connectivity index (χ2n) is 4.71. The van der Waals surface area contributed by atoms with E-state index in [0.717, 1.165) is 0 Å². The number of Topliss-reactive ketones (excluding diaryl/α,β-unsaturated/α-hetero) is 1. The molecule has 1 aliphatic heterocycles. The molecule has 0 amide bonds. The number of benzene rings is 1. The molecular formula is C12H11BF2O5. The highest BCUT2D eigenvalue weighted by molar-refractivity contribution is 6.46. The predicted molar refractivity (Wildman–Crippen MR) is 64.7 cm³/mol. The number of aromatic carboxylic acids is 1. The zero-order valence-electron chi connectivity index (χ0n) is 10.5. The number of hydrogen-bond donors (Lipinski definition) is 2. The van der Waals surface area contributed by atoms with Crippen molar-refractivity contribution in [3.63, 3.8) is 0 Å². The van der Waals surface area contributed by atoms with Gasteiger partial charge in [-0.05, 0) is 19.4 Å². The van der Waals surface area contributed by atoms with Crippen molar-refractivity contribution < 1.29 is 33.2 Å². The number of hydrogen-bond acceptors (Lipinski definition) is 4. The lowest BCUT2D eigenvalue weighted by molar-refractivity contribution is -0.117. The van der Waals surface area contributed by atoms with Crippen LogP contribution in [0.25, 0.3) is 0 Å². The third kappa shape index (κ3) is 2.51. The van der Waals surface area contributed by atoms with Gasteiger partial charge < -0.3 is 19.6 Å². The lowest BCUT2D eigenvalue weighted by atomic mass is 9.64. The van der Waals surface area contributed by atoms with Crippen molar-refractivity contribution >= 4 is 18.9 Å². The van der Waals surface area contributed by atoms with Gasteiger partial charge in [-0.2, -0.15) is 0 Å². The van der Waals surface area contributed by atoms with Crippen LogP contribution in [0, 0.1) is 11.6 Å². The minimum Gasteiger partial charge on any atom is -0.535 e. The van der Waals surface area contributed by atoms with Crippen LogP contribution in [0.2, 0.25) is 5.82 Å². The quantitative estimate of drug-likeness (QED) is 0.820. The Morgan fingerprint density at radius 2 is 2.15 bits per heavy atom. The smallest absolute Gasteiger partial charge is 0.526 e. The maximum absolute atomic E-state index is 13.8. The summed E-state index contributed by atoms with van der Waals surface area (Å²) in [5.41, 5.74) is -0.821. The topological polar surface area (TPSA) is 83.8 Å². The molecule has 1 aliphatic rings. The molecule has 20 heavy (non-hydrogen) atoms. The maximum atomic E-state index is 13.8. The van der Waals surface area contributed by atoms with Crippen LogP contribution in [0.15, 0.2) is 6.07 Å². The van der Waals surface area contributed by atoms with E-state index in [0.29, 0.717) is 6.07 Å². The fraction of sp³-hybridized carbons (Fsp3) is 0.333. The summed E-state index contributed by atoms with van der Waals surface area (Å²) in [6.07, 6.45) is -0.237. The summed E-state index contributed by atoms with van der Waals surface area (Å²) in [6, 6.07) is 0.508. The zero-order valence-corrected chi connectivity index (χ0v) is 10.5. The van der Waals surface area contributed by atoms with Gasteiger partial charge in [0.25, 0.3) is 0 Å². The molecule has 0 aromatic heterocycles. The van der Waals surface area contributed by atoms with Gasteiger partial charge in [-0.1, -0.05) is 0 Å². The number of carbonyl (C=O) groups excluding carboxylic acids is 1. The lowest BCUT2D eigenvalue weighted by Gasteiger charge is -2.28. The predicted octanol–water partition coefficient (Wildman–Crippen LogP) is 1.43. The van der Waals surface area contributed by atoms with Gasteiger partial charge in [0, 0.05) is 17.8 Å². The third-order valence-corrected chi connectivity index (χ3v) is 3.15. The van der Waals surface area contributed by atoms with E-state index in [1.165, 1.54) is 6.92 Å². The molecule has 0 fully saturated rings. The van der Waals surface area contributed by atoms with Crippen LogP contribution in [0.5, 0.6) is 5.75 Å². The Balaban J connectivity index is 2.50. The Labute approximate surface area is 113 Å². The number of carboxylic acids is 1. The molecule has 1 aromatic carbocycles. The van der Waals surface area contributed by atoms with E-state index >= 15 is 0 Å². The fourth-order valence-electron chi connectivity index (χ4n) is 2.26. The Morgan fingerprint density at radius 3 is 2.70 bits per heavy atom. The minimum atomic E-state index is -1.49. The van der Waals surface area contributed by atoms with Crippen LogP contribution in [0.4, 0.5) is 8.78 Å². The third-order valence-electron chi connectivity index (χ3n) is 3.15. The summed E-state index contributed by atoms with van der Waals surface area (Å²) < 4.78 is 32.1. The van der Waals surface area contributed by atoms with Crippen molar-refractivity contribution in [1.82, 2.24) is 0 Å². The van der Waals surface area contributed by atoms with Gasteiger partial charge >= 0.3 is 13.1 Å². The van der Waals surface area contributed by atoms with E-state index in [1.54, 1.807) is 0 Å². The van der Waals surface area contributed by atoms with Crippen molar-refractivity contribution in [3.05, 3.63) is 28.8 Å². The van der Waals surface area contributed by atoms with Crippen molar-refractivity contribution in [2.45, 2.75) is 25.6 Å². The van der Waals surface area contributed by atoms with Crippen LogP contribution in [-0.4, -0.2) is 29.0 Å². The normalized spacial score (nSPS) is 17.4. The molecule has 2 rings (SSSR count). The van der Waals surface area contributed by atoms with Crippen LogP contribution in [0.3, 0.4) is 0 Å². The molecule has 1 aromatic rings. The van der Waals surface area contributed by atoms with Gasteiger partial charge in [0.2, 0.25) is 0 Å².